The van der Waals surface area contributed by atoms with Crippen LogP contribution in [0.25, 0.3) is 10.1 Å². The van der Waals surface area contributed by atoms with Gasteiger partial charge < -0.3 is 4.74 Å². The third-order valence-electron chi connectivity index (χ3n) is 4.19. The van der Waals surface area contributed by atoms with E-state index in [1.165, 1.54) is 17.6 Å². The van der Waals surface area contributed by atoms with Crippen LogP contribution in [-0.4, -0.2) is 28.0 Å². The first-order valence-corrected chi connectivity index (χ1v) is 11.7. The molecule has 0 bridgehead atoms. The fourth-order valence-electron chi connectivity index (χ4n) is 2.48. The van der Waals surface area contributed by atoms with Gasteiger partial charge in [0, 0.05) is 10.9 Å². The van der Waals surface area contributed by atoms with E-state index >= 15 is 0 Å². The highest BCUT2D eigenvalue weighted by molar-refractivity contribution is 7.93. The van der Waals surface area contributed by atoms with E-state index in [-0.39, 0.29) is 5.92 Å². The smallest absolute Gasteiger partial charge is 0.433 e. The lowest BCUT2D eigenvalue weighted by Crippen LogP contribution is -2.26. The van der Waals surface area contributed by atoms with Gasteiger partial charge in [0.2, 0.25) is 0 Å². The molecule has 2 unspecified atom stereocenters. The number of amides is 2. The van der Waals surface area contributed by atoms with Crippen LogP contribution in [0.3, 0.4) is 0 Å². The van der Waals surface area contributed by atoms with E-state index in [1.807, 2.05) is 38.1 Å². The quantitative estimate of drug-likeness (QED) is 0.677. The number of benzene rings is 1. The predicted octanol–water partition coefficient (Wildman–Crippen LogP) is 4.80. The number of thiophene rings is 1. The Labute approximate surface area is 175 Å². The maximum Gasteiger partial charge on any atom is 0.433 e. The average molecular weight is 438 g/mol. The average Bonchev–Trinajstić information content (AvgIpc) is 3.04. The molecule has 0 saturated heterocycles. The van der Waals surface area contributed by atoms with Crippen LogP contribution in [0.15, 0.2) is 43.9 Å². The Morgan fingerprint density at radius 1 is 1.31 bits per heavy atom. The maximum atomic E-state index is 13.0. The molecule has 3 atom stereocenters. The van der Waals surface area contributed by atoms with Crippen LogP contribution in [0.4, 0.5) is 4.79 Å². The summed E-state index contributed by atoms with van der Waals surface area (Å²) in [6.45, 7) is 8.90. The number of carbonyl (C=O) groups excluding carboxylic acids is 2. The molecule has 1 aromatic carbocycles. The third-order valence-corrected chi connectivity index (χ3v) is 7.22. The van der Waals surface area contributed by atoms with Crippen molar-refractivity contribution in [2.75, 3.05) is 0 Å². The Kier molecular flexibility index (Phi) is 7.31. The standard InChI is InChI=1S/C20H27N3O4S2/c1-6-13(2)15(12-22-19(25)27-20(3,4)5)18(24)23-29(21,26)17-11-14-9-7-8-10-16(14)28-17/h7-13,15H,6H2,1-5H3,(H2,21,23,24,26)/b22-12+/t13-,15?,29?/m0/s1. The molecule has 1 heterocycles. The van der Waals surface area contributed by atoms with Gasteiger partial charge in [-0.3, -0.25) is 4.79 Å². The topological polar surface area (TPSA) is 111 Å². The van der Waals surface area contributed by atoms with Crippen LogP contribution < -0.4 is 5.14 Å². The zero-order valence-electron chi connectivity index (χ0n) is 17.2. The summed E-state index contributed by atoms with van der Waals surface area (Å²) < 4.78 is 23.2. The number of rotatable bonds is 5. The van der Waals surface area contributed by atoms with E-state index in [2.05, 4.69) is 9.36 Å². The molecular weight excluding hydrogens is 410 g/mol. The van der Waals surface area contributed by atoms with Crippen molar-refractivity contribution in [3.05, 3.63) is 30.3 Å². The van der Waals surface area contributed by atoms with E-state index < -0.39 is 33.4 Å². The number of aliphatic imine (C=N–C) groups is 1. The fraction of sp³-hybridized carbons (Fsp3) is 0.450. The fourth-order valence-corrected chi connectivity index (χ4v) is 4.91. The van der Waals surface area contributed by atoms with Gasteiger partial charge in [0.15, 0.2) is 9.92 Å². The highest BCUT2D eigenvalue weighted by Gasteiger charge is 2.25. The lowest BCUT2D eigenvalue weighted by molar-refractivity contribution is -0.120. The van der Waals surface area contributed by atoms with Crippen molar-refractivity contribution in [3.8, 4) is 0 Å². The molecular formula is C20H27N3O4S2. The molecule has 1 aromatic heterocycles. The Balaban J connectivity index is 2.32. The summed E-state index contributed by atoms with van der Waals surface area (Å²) >= 11 is 1.24. The largest absolute Gasteiger partial charge is 0.442 e. The normalized spacial score (nSPS) is 16.3. The number of ether oxygens (including phenoxy) is 1. The molecule has 29 heavy (non-hydrogen) atoms. The monoisotopic (exact) mass is 437 g/mol. The number of carbonyl (C=O) groups is 2. The molecule has 0 saturated carbocycles. The van der Waals surface area contributed by atoms with E-state index in [4.69, 9.17) is 9.88 Å². The lowest BCUT2D eigenvalue weighted by atomic mass is 9.92. The van der Waals surface area contributed by atoms with Gasteiger partial charge in [0.05, 0.1) is 5.92 Å². The van der Waals surface area contributed by atoms with Gasteiger partial charge in [0.1, 0.15) is 9.81 Å². The van der Waals surface area contributed by atoms with Gasteiger partial charge >= 0.3 is 6.09 Å². The van der Waals surface area contributed by atoms with E-state index in [9.17, 15) is 13.8 Å². The van der Waals surface area contributed by atoms with Crippen molar-refractivity contribution in [1.82, 2.24) is 0 Å². The molecule has 9 heteroatoms. The molecule has 0 radical (unpaired) electrons. The first-order valence-electron chi connectivity index (χ1n) is 9.27. The van der Waals surface area contributed by atoms with Crippen molar-refractivity contribution in [3.63, 3.8) is 0 Å². The molecule has 158 valence electrons. The minimum Gasteiger partial charge on any atom is -0.442 e. The Bertz CT molecular complexity index is 1010. The second-order valence-electron chi connectivity index (χ2n) is 7.77. The van der Waals surface area contributed by atoms with Gasteiger partial charge in [0.25, 0.3) is 5.91 Å². The molecule has 7 nitrogen and oxygen atoms in total. The summed E-state index contributed by atoms with van der Waals surface area (Å²) in [5.74, 6) is -1.67. The first kappa shape index (κ1) is 23.2. The van der Waals surface area contributed by atoms with Gasteiger partial charge in [-0.15, -0.1) is 15.7 Å². The highest BCUT2D eigenvalue weighted by atomic mass is 32.2. The van der Waals surface area contributed by atoms with E-state index in [0.717, 1.165) is 10.1 Å². The van der Waals surface area contributed by atoms with E-state index in [0.29, 0.717) is 10.6 Å². The Morgan fingerprint density at radius 3 is 2.55 bits per heavy atom. The molecule has 0 aliphatic carbocycles. The number of fused-ring (bicyclic) bond motifs is 1. The predicted molar refractivity (Wildman–Crippen MR) is 118 cm³/mol. The number of hydrogen-bond donors (Lipinski definition) is 1. The first-order chi connectivity index (χ1) is 13.4. The molecule has 0 aliphatic heterocycles. The summed E-state index contributed by atoms with van der Waals surface area (Å²) in [7, 11) is -3.41. The minimum atomic E-state index is -3.41. The Hall–Kier alpha value is -2.10. The summed E-state index contributed by atoms with van der Waals surface area (Å²) in [4.78, 5) is 28.4. The van der Waals surface area contributed by atoms with Crippen LogP contribution in [0, 0.1) is 11.8 Å². The van der Waals surface area contributed by atoms with Crippen molar-refractivity contribution >= 4 is 49.6 Å². The third kappa shape index (κ3) is 6.45. The number of hydrogen-bond acceptors (Lipinski definition) is 5. The molecule has 0 spiro atoms. The van der Waals surface area contributed by atoms with Crippen molar-refractivity contribution < 1.29 is 18.5 Å². The van der Waals surface area contributed by atoms with Gasteiger partial charge in [-0.1, -0.05) is 38.5 Å². The summed E-state index contributed by atoms with van der Waals surface area (Å²) in [5, 5.41) is 6.82. The van der Waals surface area contributed by atoms with Crippen LogP contribution in [-0.2, 0) is 19.4 Å². The van der Waals surface area contributed by atoms with Crippen LogP contribution in [0.2, 0.25) is 0 Å². The summed E-state index contributed by atoms with van der Waals surface area (Å²) in [6.07, 6.45) is 1.06. The van der Waals surface area contributed by atoms with E-state index in [1.54, 1.807) is 26.8 Å². The van der Waals surface area contributed by atoms with Gasteiger partial charge in [-0.25, -0.2) is 14.1 Å². The zero-order valence-corrected chi connectivity index (χ0v) is 18.9. The second kappa shape index (κ2) is 9.15. The van der Waals surface area contributed by atoms with Crippen LogP contribution in [0.1, 0.15) is 41.0 Å². The molecule has 2 N–H and O–H groups in total. The van der Waals surface area contributed by atoms with Crippen molar-refractivity contribution in [2.24, 2.45) is 26.3 Å². The molecule has 0 fully saturated rings. The summed E-state index contributed by atoms with van der Waals surface area (Å²) in [5.41, 5.74) is -0.693. The molecule has 2 rings (SSSR count). The highest BCUT2D eigenvalue weighted by Crippen LogP contribution is 2.29. The molecule has 2 aromatic rings. The minimum absolute atomic E-state index is 0.171. The van der Waals surface area contributed by atoms with Crippen LogP contribution in [0.5, 0.6) is 0 Å². The van der Waals surface area contributed by atoms with Gasteiger partial charge in [-0.05, 0) is 44.2 Å². The number of nitrogens with zero attached hydrogens (tertiary/aromatic N) is 2. The maximum absolute atomic E-state index is 13.0. The van der Waals surface area contributed by atoms with Crippen LogP contribution >= 0.6 is 11.3 Å². The number of nitrogens with two attached hydrogens (primary N) is 1. The second-order valence-corrected chi connectivity index (χ2v) is 10.9. The SMILES string of the molecule is CC[C@H](C)C(/C=N/C(=O)OC(C)(C)C)C(=O)N=S(N)(=O)c1cc2ccccc2s1. The zero-order chi connectivity index (χ0) is 21.8. The van der Waals surface area contributed by atoms with Crippen molar-refractivity contribution in [2.45, 2.75) is 50.8 Å². The molecule has 2 amide bonds. The molecule has 0 aliphatic rings. The summed E-state index contributed by atoms with van der Waals surface area (Å²) in [6, 6.07) is 9.19. The van der Waals surface area contributed by atoms with Gasteiger partial charge in [-0.2, -0.15) is 4.99 Å². The Morgan fingerprint density at radius 2 is 1.97 bits per heavy atom. The lowest BCUT2D eigenvalue weighted by Gasteiger charge is -2.18. The van der Waals surface area contributed by atoms with Crippen molar-refractivity contribution in [1.29, 1.82) is 0 Å².